The Kier molecular flexibility index (Phi) is 6.23. The SMILES string of the molecule is Cc1nn(-c2ccccc2)c(C)c1CC(=O)NNC(=O)COc1ccc(F)cc1. The van der Waals surface area contributed by atoms with Gasteiger partial charge in [-0.3, -0.25) is 20.4 Å². The zero-order chi connectivity index (χ0) is 20.8. The van der Waals surface area contributed by atoms with Crippen LogP contribution in [0.5, 0.6) is 5.75 Å². The fourth-order valence-electron chi connectivity index (χ4n) is 2.81. The number of nitrogens with one attached hydrogen (secondary N) is 2. The minimum Gasteiger partial charge on any atom is -0.484 e. The van der Waals surface area contributed by atoms with Gasteiger partial charge >= 0.3 is 0 Å². The smallest absolute Gasteiger partial charge is 0.276 e. The van der Waals surface area contributed by atoms with Gasteiger partial charge in [-0.25, -0.2) is 9.07 Å². The number of nitrogens with zero attached hydrogens (tertiary/aromatic N) is 2. The lowest BCUT2D eigenvalue weighted by molar-refractivity contribution is -0.129. The Bertz CT molecular complexity index is 1000. The lowest BCUT2D eigenvalue weighted by atomic mass is 10.1. The zero-order valence-electron chi connectivity index (χ0n) is 16.1. The van der Waals surface area contributed by atoms with E-state index < -0.39 is 11.7 Å². The summed E-state index contributed by atoms with van der Waals surface area (Å²) in [6.07, 6.45) is 0.0730. The second kappa shape index (κ2) is 9.01. The Morgan fingerprint density at radius 3 is 2.34 bits per heavy atom. The van der Waals surface area contributed by atoms with E-state index in [1.165, 1.54) is 24.3 Å². The first-order valence-electron chi connectivity index (χ1n) is 9.00. The number of hydrazine groups is 1. The summed E-state index contributed by atoms with van der Waals surface area (Å²) in [7, 11) is 0. The van der Waals surface area contributed by atoms with Gasteiger partial charge in [0.15, 0.2) is 6.61 Å². The number of para-hydroxylation sites is 1. The number of amides is 2. The van der Waals surface area contributed by atoms with Crippen molar-refractivity contribution >= 4 is 11.8 Å². The highest BCUT2D eigenvalue weighted by Gasteiger charge is 2.16. The molecule has 0 aliphatic rings. The van der Waals surface area contributed by atoms with Crippen molar-refractivity contribution in [3.8, 4) is 11.4 Å². The number of halogens is 1. The molecule has 0 spiro atoms. The summed E-state index contributed by atoms with van der Waals surface area (Å²) in [5, 5.41) is 4.50. The maximum absolute atomic E-state index is 12.8. The first kappa shape index (κ1) is 20.1. The summed E-state index contributed by atoms with van der Waals surface area (Å²) < 4.78 is 19.8. The molecule has 0 bridgehead atoms. The molecule has 1 heterocycles. The molecule has 2 amide bonds. The Labute approximate surface area is 167 Å². The maximum atomic E-state index is 12.8. The predicted molar refractivity (Wildman–Crippen MR) is 105 cm³/mol. The molecule has 0 radical (unpaired) electrons. The van der Waals surface area contributed by atoms with E-state index >= 15 is 0 Å². The van der Waals surface area contributed by atoms with Gasteiger partial charge in [0.05, 0.1) is 17.8 Å². The fraction of sp³-hybridized carbons (Fsp3) is 0.190. The number of carbonyl (C=O) groups is 2. The first-order valence-corrected chi connectivity index (χ1v) is 9.00. The van der Waals surface area contributed by atoms with Crippen LogP contribution >= 0.6 is 0 Å². The molecule has 150 valence electrons. The van der Waals surface area contributed by atoms with Crippen molar-refractivity contribution in [2.24, 2.45) is 0 Å². The van der Waals surface area contributed by atoms with Crippen molar-refractivity contribution in [1.29, 1.82) is 0 Å². The van der Waals surface area contributed by atoms with Crippen molar-refractivity contribution in [3.05, 3.63) is 77.4 Å². The van der Waals surface area contributed by atoms with Gasteiger partial charge in [-0.05, 0) is 50.2 Å². The zero-order valence-corrected chi connectivity index (χ0v) is 16.1. The van der Waals surface area contributed by atoms with E-state index in [1.807, 2.05) is 44.2 Å². The molecule has 1 aromatic heterocycles. The second-order valence-corrected chi connectivity index (χ2v) is 6.41. The number of hydrogen-bond donors (Lipinski definition) is 2. The third-order valence-corrected chi connectivity index (χ3v) is 4.30. The third kappa shape index (κ3) is 5.19. The number of hydrogen-bond acceptors (Lipinski definition) is 4. The van der Waals surface area contributed by atoms with Gasteiger partial charge in [-0.1, -0.05) is 18.2 Å². The molecule has 0 aliphatic heterocycles. The molecule has 3 rings (SSSR count). The first-order chi connectivity index (χ1) is 13.9. The molecule has 2 aromatic carbocycles. The van der Waals surface area contributed by atoms with Crippen LogP contribution in [0.1, 0.15) is 17.0 Å². The fourth-order valence-corrected chi connectivity index (χ4v) is 2.81. The molecule has 7 nitrogen and oxygen atoms in total. The van der Waals surface area contributed by atoms with Crippen LogP contribution in [0.25, 0.3) is 5.69 Å². The van der Waals surface area contributed by atoms with E-state index in [2.05, 4.69) is 16.0 Å². The molecular weight excluding hydrogens is 375 g/mol. The summed E-state index contributed by atoms with van der Waals surface area (Å²) in [4.78, 5) is 24.1. The molecule has 0 aliphatic carbocycles. The maximum Gasteiger partial charge on any atom is 0.276 e. The summed E-state index contributed by atoms with van der Waals surface area (Å²) >= 11 is 0. The quantitative estimate of drug-likeness (QED) is 0.627. The van der Waals surface area contributed by atoms with Gasteiger partial charge < -0.3 is 4.74 Å². The van der Waals surface area contributed by atoms with E-state index in [-0.39, 0.29) is 18.9 Å². The molecule has 3 aromatic rings. The predicted octanol–water partition coefficient (Wildman–Crippen LogP) is 2.40. The van der Waals surface area contributed by atoms with Crippen molar-refractivity contribution < 1.29 is 18.7 Å². The van der Waals surface area contributed by atoms with E-state index in [9.17, 15) is 14.0 Å². The molecule has 0 saturated heterocycles. The van der Waals surface area contributed by atoms with Gasteiger partial charge in [-0.15, -0.1) is 0 Å². The monoisotopic (exact) mass is 396 g/mol. The summed E-state index contributed by atoms with van der Waals surface area (Å²) in [6, 6.07) is 14.9. The van der Waals surface area contributed by atoms with Crippen LogP contribution in [-0.4, -0.2) is 28.2 Å². The number of benzene rings is 2. The molecular formula is C21H21FN4O3. The van der Waals surface area contributed by atoms with Crippen LogP contribution in [0, 0.1) is 19.7 Å². The van der Waals surface area contributed by atoms with E-state index in [1.54, 1.807) is 4.68 Å². The summed E-state index contributed by atoms with van der Waals surface area (Å²) in [5.41, 5.74) is 7.96. The minimum atomic E-state index is -0.531. The average molecular weight is 396 g/mol. The van der Waals surface area contributed by atoms with E-state index in [0.29, 0.717) is 5.75 Å². The Hall–Kier alpha value is -3.68. The van der Waals surface area contributed by atoms with Gasteiger partial charge in [0.1, 0.15) is 11.6 Å². The van der Waals surface area contributed by atoms with Crippen LogP contribution in [0.15, 0.2) is 54.6 Å². The highest BCUT2D eigenvalue weighted by molar-refractivity contribution is 5.84. The largest absolute Gasteiger partial charge is 0.484 e. The number of rotatable bonds is 6. The van der Waals surface area contributed by atoms with Crippen LogP contribution in [0.2, 0.25) is 0 Å². The minimum absolute atomic E-state index is 0.0730. The van der Waals surface area contributed by atoms with Crippen LogP contribution in [0.4, 0.5) is 4.39 Å². The standard InChI is InChI=1S/C21H21FN4O3/c1-14-19(15(2)26(25-14)17-6-4-3-5-7-17)12-20(27)23-24-21(28)13-29-18-10-8-16(22)9-11-18/h3-11H,12-13H2,1-2H3,(H,23,27)(H,24,28). The summed E-state index contributed by atoms with van der Waals surface area (Å²) in [5.74, 6) is -0.947. The highest BCUT2D eigenvalue weighted by atomic mass is 19.1. The Morgan fingerprint density at radius 2 is 1.66 bits per heavy atom. The van der Waals surface area contributed by atoms with E-state index in [4.69, 9.17) is 4.74 Å². The summed E-state index contributed by atoms with van der Waals surface area (Å²) in [6.45, 7) is 3.42. The van der Waals surface area contributed by atoms with Crippen molar-refractivity contribution in [2.75, 3.05) is 6.61 Å². The Morgan fingerprint density at radius 1 is 1.00 bits per heavy atom. The lowest BCUT2D eigenvalue weighted by Crippen LogP contribution is -2.44. The number of aryl methyl sites for hydroxylation is 1. The van der Waals surface area contributed by atoms with Crippen molar-refractivity contribution in [1.82, 2.24) is 20.6 Å². The normalized spacial score (nSPS) is 10.4. The van der Waals surface area contributed by atoms with Gasteiger partial charge in [-0.2, -0.15) is 5.10 Å². The third-order valence-electron chi connectivity index (χ3n) is 4.30. The molecule has 0 saturated carbocycles. The number of carbonyl (C=O) groups excluding carboxylic acids is 2. The number of aromatic nitrogens is 2. The highest BCUT2D eigenvalue weighted by Crippen LogP contribution is 2.18. The second-order valence-electron chi connectivity index (χ2n) is 6.41. The molecule has 2 N–H and O–H groups in total. The van der Waals surface area contributed by atoms with Gasteiger partial charge in [0, 0.05) is 11.3 Å². The molecule has 0 unspecified atom stereocenters. The van der Waals surface area contributed by atoms with Crippen molar-refractivity contribution in [2.45, 2.75) is 20.3 Å². The van der Waals surface area contributed by atoms with Gasteiger partial charge in [0.2, 0.25) is 5.91 Å². The number of ether oxygens (including phenoxy) is 1. The van der Waals surface area contributed by atoms with Crippen molar-refractivity contribution in [3.63, 3.8) is 0 Å². The van der Waals surface area contributed by atoms with Gasteiger partial charge in [0.25, 0.3) is 5.91 Å². The van der Waals surface area contributed by atoms with Crippen LogP contribution < -0.4 is 15.6 Å². The molecule has 29 heavy (non-hydrogen) atoms. The average Bonchev–Trinajstić information content (AvgIpc) is 3.00. The molecule has 0 atom stereocenters. The van der Waals surface area contributed by atoms with E-state index in [0.717, 1.165) is 22.6 Å². The topological polar surface area (TPSA) is 85.3 Å². The van der Waals surface area contributed by atoms with Crippen LogP contribution in [0.3, 0.4) is 0 Å². The molecule has 0 fully saturated rings. The van der Waals surface area contributed by atoms with Crippen LogP contribution in [-0.2, 0) is 16.0 Å². The molecule has 8 heteroatoms. The lowest BCUT2D eigenvalue weighted by Gasteiger charge is -2.09. The Balaban J connectivity index is 1.52.